The summed E-state index contributed by atoms with van der Waals surface area (Å²) in [6, 6.07) is 12.4. The van der Waals surface area contributed by atoms with Crippen LogP contribution in [0.2, 0.25) is 0 Å². The molecule has 6 nitrogen and oxygen atoms in total. The van der Waals surface area contributed by atoms with E-state index in [0.29, 0.717) is 35.1 Å². The number of carbonyl (C=O) groups is 1. The molecular weight excluding hydrogens is 344 g/mol. The number of hydrogen-bond acceptors (Lipinski definition) is 5. The van der Waals surface area contributed by atoms with Gasteiger partial charge in [-0.05, 0) is 67.4 Å². The number of methoxy groups -OCH3 is 2. The molecule has 1 N–H and O–H groups in total. The number of nitriles is 1. The Hall–Kier alpha value is -3.46. The fourth-order valence-corrected chi connectivity index (χ4v) is 2.46. The van der Waals surface area contributed by atoms with Crippen LogP contribution in [-0.4, -0.2) is 26.7 Å². The van der Waals surface area contributed by atoms with Crippen molar-refractivity contribution in [3.8, 4) is 23.3 Å². The summed E-state index contributed by atoms with van der Waals surface area (Å²) >= 11 is 0. The van der Waals surface area contributed by atoms with Crippen molar-refractivity contribution in [2.75, 3.05) is 26.1 Å². The second-order valence-electron chi connectivity index (χ2n) is 5.65. The van der Waals surface area contributed by atoms with E-state index in [9.17, 15) is 10.1 Å². The summed E-state index contributed by atoms with van der Waals surface area (Å²) in [6.45, 7) is 4.33. The molecule has 2 aromatic carbocycles. The summed E-state index contributed by atoms with van der Waals surface area (Å²) in [4.78, 5) is 12.5. The van der Waals surface area contributed by atoms with Crippen LogP contribution in [0.4, 0.5) is 5.69 Å². The molecule has 0 saturated heterocycles. The minimum atomic E-state index is -0.490. The Labute approximate surface area is 159 Å². The number of benzene rings is 2. The number of nitrogens with one attached hydrogen (secondary N) is 1. The molecule has 0 aliphatic heterocycles. The van der Waals surface area contributed by atoms with Gasteiger partial charge in [0.15, 0.2) is 11.5 Å². The van der Waals surface area contributed by atoms with E-state index < -0.39 is 5.91 Å². The van der Waals surface area contributed by atoms with E-state index in [1.165, 1.54) is 13.2 Å². The zero-order valence-corrected chi connectivity index (χ0v) is 15.8. The zero-order chi connectivity index (χ0) is 19.8. The van der Waals surface area contributed by atoms with Gasteiger partial charge in [0.1, 0.15) is 17.4 Å². The molecule has 0 saturated carbocycles. The summed E-state index contributed by atoms with van der Waals surface area (Å²) in [6.07, 6.45) is 1.53. The lowest BCUT2D eigenvalue weighted by Crippen LogP contribution is -2.13. The number of rotatable bonds is 7. The Morgan fingerprint density at radius 3 is 2.33 bits per heavy atom. The number of amides is 1. The summed E-state index contributed by atoms with van der Waals surface area (Å²) in [5.74, 6) is 1.34. The predicted molar refractivity (Wildman–Crippen MR) is 104 cm³/mol. The molecule has 6 heteroatoms. The molecule has 0 atom stereocenters. The Balaban J connectivity index is 2.25. The largest absolute Gasteiger partial charge is 0.494 e. The van der Waals surface area contributed by atoms with E-state index in [1.807, 2.05) is 19.9 Å². The molecule has 0 bridgehead atoms. The molecule has 0 fully saturated rings. The zero-order valence-electron chi connectivity index (χ0n) is 15.8. The van der Waals surface area contributed by atoms with Crippen LogP contribution >= 0.6 is 0 Å². The fourth-order valence-electron chi connectivity index (χ4n) is 2.46. The first-order valence-electron chi connectivity index (χ1n) is 8.41. The Bertz CT molecular complexity index is 880. The first kappa shape index (κ1) is 19.9. The predicted octanol–water partition coefficient (Wildman–Crippen LogP) is 3.96. The van der Waals surface area contributed by atoms with Crippen molar-refractivity contribution in [3.05, 3.63) is 53.1 Å². The average molecular weight is 366 g/mol. The van der Waals surface area contributed by atoms with Crippen molar-refractivity contribution in [1.29, 1.82) is 5.26 Å². The quantitative estimate of drug-likeness (QED) is 0.593. The molecule has 2 rings (SSSR count). The average Bonchev–Trinajstić information content (AvgIpc) is 2.68. The van der Waals surface area contributed by atoms with Crippen molar-refractivity contribution in [2.45, 2.75) is 13.8 Å². The van der Waals surface area contributed by atoms with Gasteiger partial charge in [-0.1, -0.05) is 0 Å². The summed E-state index contributed by atoms with van der Waals surface area (Å²) < 4.78 is 15.9. The molecule has 0 aliphatic carbocycles. The SMILES string of the molecule is CCOc1ccc(NC(=O)/C(C#N)=C\c2cc(OC)c(OC)cc2C)cc1. The Kier molecular flexibility index (Phi) is 6.84. The van der Waals surface area contributed by atoms with Crippen molar-refractivity contribution >= 4 is 17.7 Å². The minimum Gasteiger partial charge on any atom is -0.494 e. The van der Waals surface area contributed by atoms with E-state index >= 15 is 0 Å². The first-order valence-corrected chi connectivity index (χ1v) is 8.41. The highest BCUT2D eigenvalue weighted by atomic mass is 16.5. The van der Waals surface area contributed by atoms with Crippen LogP contribution < -0.4 is 19.5 Å². The molecular formula is C21H22N2O4. The molecule has 140 valence electrons. The van der Waals surface area contributed by atoms with Gasteiger partial charge in [-0.2, -0.15) is 5.26 Å². The van der Waals surface area contributed by atoms with Gasteiger partial charge in [-0.25, -0.2) is 0 Å². The lowest BCUT2D eigenvalue weighted by molar-refractivity contribution is -0.112. The molecule has 0 aliphatic rings. The first-order chi connectivity index (χ1) is 13.0. The number of carbonyl (C=O) groups excluding carboxylic acids is 1. The van der Waals surface area contributed by atoms with Gasteiger partial charge in [-0.15, -0.1) is 0 Å². The van der Waals surface area contributed by atoms with Crippen LogP contribution in [0.1, 0.15) is 18.1 Å². The molecule has 27 heavy (non-hydrogen) atoms. The number of aryl methyl sites for hydroxylation is 1. The minimum absolute atomic E-state index is 0.0146. The van der Waals surface area contributed by atoms with E-state index in [0.717, 1.165) is 5.56 Å². The Morgan fingerprint density at radius 2 is 1.78 bits per heavy atom. The van der Waals surface area contributed by atoms with E-state index in [4.69, 9.17) is 14.2 Å². The third kappa shape index (κ3) is 5.02. The highest BCUT2D eigenvalue weighted by Gasteiger charge is 2.13. The van der Waals surface area contributed by atoms with Gasteiger partial charge in [-0.3, -0.25) is 4.79 Å². The summed E-state index contributed by atoms with van der Waals surface area (Å²) in [5, 5.41) is 12.1. The smallest absolute Gasteiger partial charge is 0.266 e. The van der Waals surface area contributed by atoms with Crippen molar-refractivity contribution in [2.24, 2.45) is 0 Å². The van der Waals surface area contributed by atoms with Crippen LogP contribution in [0, 0.1) is 18.3 Å². The van der Waals surface area contributed by atoms with Crippen LogP contribution in [-0.2, 0) is 4.79 Å². The normalized spacial score (nSPS) is 10.7. The third-order valence-electron chi connectivity index (χ3n) is 3.86. The van der Waals surface area contributed by atoms with Crippen molar-refractivity contribution in [1.82, 2.24) is 0 Å². The number of anilines is 1. The maximum atomic E-state index is 12.5. The fraction of sp³-hybridized carbons (Fsp3) is 0.238. The molecule has 0 heterocycles. The van der Waals surface area contributed by atoms with E-state index in [2.05, 4.69) is 5.32 Å². The van der Waals surface area contributed by atoms with E-state index in [-0.39, 0.29) is 5.57 Å². The number of nitrogens with zero attached hydrogens (tertiary/aromatic N) is 1. The molecule has 0 aromatic heterocycles. The van der Waals surface area contributed by atoms with E-state index in [1.54, 1.807) is 43.5 Å². The van der Waals surface area contributed by atoms with Crippen LogP contribution in [0.3, 0.4) is 0 Å². The second-order valence-corrected chi connectivity index (χ2v) is 5.65. The maximum Gasteiger partial charge on any atom is 0.266 e. The second kappa shape index (κ2) is 9.30. The summed E-state index contributed by atoms with van der Waals surface area (Å²) in [7, 11) is 3.09. The Morgan fingerprint density at radius 1 is 1.15 bits per heavy atom. The van der Waals surface area contributed by atoms with Gasteiger partial charge in [0.2, 0.25) is 0 Å². The number of hydrogen-bond donors (Lipinski definition) is 1. The maximum absolute atomic E-state index is 12.5. The lowest BCUT2D eigenvalue weighted by Gasteiger charge is -2.11. The van der Waals surface area contributed by atoms with Gasteiger partial charge in [0.05, 0.1) is 20.8 Å². The highest BCUT2D eigenvalue weighted by molar-refractivity contribution is 6.09. The van der Waals surface area contributed by atoms with Gasteiger partial charge in [0, 0.05) is 5.69 Å². The third-order valence-corrected chi connectivity index (χ3v) is 3.86. The molecule has 2 aromatic rings. The standard InChI is InChI=1S/C21H22N2O4/c1-5-27-18-8-6-17(7-9-18)23-21(24)16(13-22)11-15-12-20(26-4)19(25-3)10-14(15)2/h6-12H,5H2,1-4H3,(H,23,24)/b16-11-. The van der Waals surface area contributed by atoms with Crippen LogP contribution in [0.5, 0.6) is 17.2 Å². The molecule has 0 unspecified atom stereocenters. The van der Waals surface area contributed by atoms with Crippen LogP contribution in [0.15, 0.2) is 42.0 Å². The summed E-state index contributed by atoms with van der Waals surface area (Å²) in [5.41, 5.74) is 2.12. The van der Waals surface area contributed by atoms with Gasteiger partial charge < -0.3 is 19.5 Å². The monoisotopic (exact) mass is 366 g/mol. The lowest BCUT2D eigenvalue weighted by atomic mass is 10.0. The van der Waals surface area contributed by atoms with Crippen molar-refractivity contribution < 1.29 is 19.0 Å². The highest BCUT2D eigenvalue weighted by Crippen LogP contribution is 2.31. The van der Waals surface area contributed by atoms with Crippen LogP contribution in [0.25, 0.3) is 6.08 Å². The molecule has 1 amide bonds. The number of ether oxygens (including phenoxy) is 3. The van der Waals surface area contributed by atoms with Crippen molar-refractivity contribution in [3.63, 3.8) is 0 Å². The molecule has 0 spiro atoms. The molecule has 0 radical (unpaired) electrons. The van der Waals surface area contributed by atoms with Gasteiger partial charge in [0.25, 0.3) is 5.91 Å². The van der Waals surface area contributed by atoms with Gasteiger partial charge >= 0.3 is 0 Å². The topological polar surface area (TPSA) is 80.6 Å².